The van der Waals surface area contributed by atoms with Gasteiger partial charge in [-0.2, -0.15) is 0 Å². The van der Waals surface area contributed by atoms with Crippen LogP contribution in [0.1, 0.15) is 36.4 Å². The zero-order chi connectivity index (χ0) is 26.5. The van der Waals surface area contributed by atoms with Crippen molar-refractivity contribution in [1.82, 2.24) is 10.2 Å². The molecule has 0 bridgehead atoms. The highest BCUT2D eigenvalue weighted by molar-refractivity contribution is 5.79. The standard InChI is InChI=1S/C26H31N3O8/c1-3-8-28-23(31)12-29-11-18(15-4-7-19-21(9-15)37-14-36-19)24(26(32)33)25(29)17-6-5-16(34-2)10-20(17)35-13-22(27)30/h4-7,9-10,18,24-25H,3,8,11-14H2,1-2H3,(H2,27,30)(H,28,31)(H,32,33)/t18-,24+,25-/m1/s1. The molecule has 2 aliphatic rings. The number of nitrogens with one attached hydrogen (secondary N) is 1. The molecular weight excluding hydrogens is 482 g/mol. The molecule has 4 rings (SSSR count). The van der Waals surface area contributed by atoms with Gasteiger partial charge in [0.15, 0.2) is 18.1 Å². The van der Waals surface area contributed by atoms with Crippen molar-refractivity contribution in [1.29, 1.82) is 0 Å². The molecule has 198 valence electrons. The summed E-state index contributed by atoms with van der Waals surface area (Å²) in [6.45, 7) is 2.45. The summed E-state index contributed by atoms with van der Waals surface area (Å²) in [5.74, 6) is -1.45. The van der Waals surface area contributed by atoms with Gasteiger partial charge < -0.3 is 35.1 Å². The second-order valence-corrected chi connectivity index (χ2v) is 8.97. The highest BCUT2D eigenvalue weighted by Crippen LogP contribution is 2.49. The van der Waals surface area contributed by atoms with Gasteiger partial charge in [0.2, 0.25) is 12.7 Å². The average Bonchev–Trinajstić information content (AvgIpc) is 3.50. The van der Waals surface area contributed by atoms with Gasteiger partial charge in [0.05, 0.1) is 25.6 Å². The summed E-state index contributed by atoms with van der Waals surface area (Å²) in [5.41, 5.74) is 6.57. The molecule has 2 aliphatic heterocycles. The van der Waals surface area contributed by atoms with Gasteiger partial charge in [-0.05, 0) is 30.2 Å². The van der Waals surface area contributed by atoms with Gasteiger partial charge in [-0.3, -0.25) is 19.3 Å². The lowest BCUT2D eigenvalue weighted by Gasteiger charge is -2.28. The first kappa shape index (κ1) is 26.1. The molecule has 0 unspecified atom stereocenters. The zero-order valence-electron chi connectivity index (χ0n) is 20.8. The normalized spacial score (nSPS) is 20.4. The monoisotopic (exact) mass is 513 g/mol. The summed E-state index contributed by atoms with van der Waals surface area (Å²) in [6, 6.07) is 9.61. The van der Waals surface area contributed by atoms with Crippen LogP contribution in [0.25, 0.3) is 0 Å². The van der Waals surface area contributed by atoms with E-state index in [0.717, 1.165) is 12.0 Å². The van der Waals surface area contributed by atoms with Crippen LogP contribution in [0.5, 0.6) is 23.0 Å². The number of hydrogen-bond donors (Lipinski definition) is 3. The van der Waals surface area contributed by atoms with Gasteiger partial charge in [0, 0.05) is 30.6 Å². The molecule has 3 atom stereocenters. The molecule has 0 aliphatic carbocycles. The number of rotatable bonds is 11. The number of carbonyl (C=O) groups is 3. The second kappa shape index (κ2) is 11.4. The molecule has 2 heterocycles. The highest BCUT2D eigenvalue weighted by atomic mass is 16.7. The lowest BCUT2D eigenvalue weighted by atomic mass is 9.82. The first-order chi connectivity index (χ1) is 17.8. The third-order valence-electron chi connectivity index (χ3n) is 6.54. The van der Waals surface area contributed by atoms with E-state index in [9.17, 15) is 19.5 Å². The maximum Gasteiger partial charge on any atom is 0.309 e. The van der Waals surface area contributed by atoms with E-state index in [1.807, 2.05) is 17.9 Å². The van der Waals surface area contributed by atoms with E-state index >= 15 is 0 Å². The Hall–Kier alpha value is -3.99. The number of carboxylic acid groups (broad SMARTS) is 1. The molecule has 4 N–H and O–H groups in total. The van der Waals surface area contributed by atoms with Crippen molar-refractivity contribution >= 4 is 17.8 Å². The van der Waals surface area contributed by atoms with Crippen LogP contribution in [0.4, 0.5) is 0 Å². The van der Waals surface area contributed by atoms with E-state index in [1.165, 1.54) is 7.11 Å². The fourth-order valence-corrected chi connectivity index (χ4v) is 4.91. The van der Waals surface area contributed by atoms with Crippen LogP contribution in [0.3, 0.4) is 0 Å². The third-order valence-corrected chi connectivity index (χ3v) is 6.54. The molecule has 0 aromatic heterocycles. The van der Waals surface area contributed by atoms with Crippen molar-refractivity contribution in [3.63, 3.8) is 0 Å². The number of hydrogen-bond acceptors (Lipinski definition) is 8. The number of methoxy groups -OCH3 is 1. The van der Waals surface area contributed by atoms with Crippen molar-refractivity contribution in [3.05, 3.63) is 47.5 Å². The largest absolute Gasteiger partial charge is 0.497 e. The van der Waals surface area contributed by atoms with Crippen LogP contribution in [0.2, 0.25) is 0 Å². The van der Waals surface area contributed by atoms with Gasteiger partial charge in [0.1, 0.15) is 11.5 Å². The fraction of sp³-hybridized carbons (Fsp3) is 0.423. The maximum atomic E-state index is 12.8. The molecule has 11 heteroatoms. The number of amides is 2. The summed E-state index contributed by atoms with van der Waals surface area (Å²) in [5, 5.41) is 13.3. The Morgan fingerprint density at radius 1 is 1.16 bits per heavy atom. The molecule has 0 spiro atoms. The van der Waals surface area contributed by atoms with Crippen LogP contribution >= 0.6 is 0 Å². The van der Waals surface area contributed by atoms with E-state index in [1.54, 1.807) is 30.3 Å². The minimum absolute atomic E-state index is 0.0171. The predicted octanol–water partition coefficient (Wildman–Crippen LogP) is 1.66. The number of likely N-dealkylation sites (tertiary alicyclic amines) is 1. The average molecular weight is 514 g/mol. The number of nitrogens with two attached hydrogens (primary N) is 1. The summed E-state index contributed by atoms with van der Waals surface area (Å²) in [7, 11) is 1.49. The first-order valence-corrected chi connectivity index (χ1v) is 12.0. The second-order valence-electron chi connectivity index (χ2n) is 8.97. The molecule has 1 fully saturated rings. The molecule has 0 saturated carbocycles. The summed E-state index contributed by atoms with van der Waals surface area (Å²) in [4.78, 5) is 38.8. The maximum absolute atomic E-state index is 12.8. The Bertz CT molecular complexity index is 1170. The van der Waals surface area contributed by atoms with E-state index in [4.69, 9.17) is 24.7 Å². The van der Waals surface area contributed by atoms with Crippen molar-refractivity contribution < 1.29 is 38.4 Å². The Morgan fingerprint density at radius 2 is 1.95 bits per heavy atom. The van der Waals surface area contributed by atoms with Gasteiger partial charge in [-0.1, -0.05) is 19.1 Å². The predicted molar refractivity (Wildman–Crippen MR) is 132 cm³/mol. The SMILES string of the molecule is CCCNC(=O)CN1C[C@H](c2ccc3c(c2)OCO3)[C@H](C(=O)O)[C@H]1c1ccc(OC)cc1OCC(N)=O. The number of fused-ring (bicyclic) bond motifs is 1. The number of carbonyl (C=O) groups excluding carboxylic acids is 2. The zero-order valence-corrected chi connectivity index (χ0v) is 20.8. The topological polar surface area (TPSA) is 150 Å². The number of ether oxygens (including phenoxy) is 4. The molecule has 11 nitrogen and oxygen atoms in total. The van der Waals surface area contributed by atoms with Crippen LogP contribution in [0.15, 0.2) is 36.4 Å². The number of benzene rings is 2. The minimum atomic E-state index is -1.03. The smallest absolute Gasteiger partial charge is 0.309 e. The molecule has 37 heavy (non-hydrogen) atoms. The Labute approximate surface area is 214 Å². The summed E-state index contributed by atoms with van der Waals surface area (Å²) < 4.78 is 21.9. The molecule has 2 aromatic rings. The summed E-state index contributed by atoms with van der Waals surface area (Å²) >= 11 is 0. The van der Waals surface area contributed by atoms with Crippen LogP contribution in [-0.4, -0.2) is 67.9 Å². The van der Waals surface area contributed by atoms with Gasteiger partial charge in [0.25, 0.3) is 5.91 Å². The van der Waals surface area contributed by atoms with Crippen molar-refractivity contribution in [2.24, 2.45) is 11.7 Å². The Balaban J connectivity index is 1.77. The van der Waals surface area contributed by atoms with Crippen LogP contribution < -0.4 is 30.0 Å². The third kappa shape index (κ3) is 5.72. The molecular formula is C26H31N3O8. The molecule has 2 aromatic carbocycles. The van der Waals surface area contributed by atoms with E-state index < -0.39 is 36.4 Å². The molecule has 0 radical (unpaired) electrons. The van der Waals surface area contributed by atoms with Gasteiger partial charge in [-0.25, -0.2) is 0 Å². The highest BCUT2D eigenvalue weighted by Gasteiger charge is 2.49. The molecule has 2 amide bonds. The van der Waals surface area contributed by atoms with Gasteiger partial charge >= 0.3 is 5.97 Å². The summed E-state index contributed by atoms with van der Waals surface area (Å²) in [6.07, 6.45) is 0.774. The van der Waals surface area contributed by atoms with Crippen molar-refractivity contribution in [2.75, 3.05) is 40.1 Å². The van der Waals surface area contributed by atoms with E-state index in [-0.39, 0.29) is 25.0 Å². The van der Waals surface area contributed by atoms with Crippen molar-refractivity contribution in [3.8, 4) is 23.0 Å². The van der Waals surface area contributed by atoms with E-state index in [0.29, 0.717) is 35.9 Å². The fourth-order valence-electron chi connectivity index (χ4n) is 4.91. The lowest BCUT2D eigenvalue weighted by Crippen LogP contribution is -2.38. The Kier molecular flexibility index (Phi) is 8.02. The number of primary amides is 1. The van der Waals surface area contributed by atoms with Gasteiger partial charge in [-0.15, -0.1) is 0 Å². The number of aliphatic carboxylic acids is 1. The molecule has 1 saturated heterocycles. The minimum Gasteiger partial charge on any atom is -0.497 e. The first-order valence-electron chi connectivity index (χ1n) is 12.0. The Morgan fingerprint density at radius 3 is 2.65 bits per heavy atom. The number of nitrogens with zero attached hydrogens (tertiary/aromatic N) is 1. The number of carboxylic acids is 1. The quantitative estimate of drug-likeness (QED) is 0.408. The lowest BCUT2D eigenvalue weighted by molar-refractivity contribution is -0.143. The van der Waals surface area contributed by atoms with Crippen LogP contribution in [-0.2, 0) is 14.4 Å². The van der Waals surface area contributed by atoms with E-state index in [2.05, 4.69) is 5.32 Å². The van der Waals surface area contributed by atoms with Crippen molar-refractivity contribution in [2.45, 2.75) is 25.3 Å². The van der Waals surface area contributed by atoms with Crippen LogP contribution in [0, 0.1) is 5.92 Å².